The lowest BCUT2D eigenvalue weighted by atomic mass is 9.95. The van der Waals surface area contributed by atoms with Gasteiger partial charge in [-0.15, -0.1) is 0 Å². The molecule has 1 saturated carbocycles. The number of hydrogen-bond donors (Lipinski definition) is 2. The van der Waals surface area contributed by atoms with E-state index >= 15 is 0 Å². The van der Waals surface area contributed by atoms with E-state index in [9.17, 15) is 4.79 Å². The lowest BCUT2D eigenvalue weighted by molar-refractivity contribution is -0.122. The standard InChI is InChI=1S/C14H19ClN2O/c1-14(9-16,11-5-6-11)17-13(18)8-10-3-2-4-12(15)7-10/h2-4,7,11H,5-6,8-9,16H2,1H3,(H,17,18). The number of carbonyl (C=O) groups is 1. The van der Waals surface area contributed by atoms with Crippen LogP contribution < -0.4 is 11.1 Å². The van der Waals surface area contributed by atoms with Gasteiger partial charge in [0.15, 0.2) is 0 Å². The molecule has 0 aromatic heterocycles. The fourth-order valence-electron chi connectivity index (χ4n) is 2.24. The highest BCUT2D eigenvalue weighted by molar-refractivity contribution is 6.30. The lowest BCUT2D eigenvalue weighted by Gasteiger charge is -2.29. The van der Waals surface area contributed by atoms with Gasteiger partial charge in [-0.2, -0.15) is 0 Å². The van der Waals surface area contributed by atoms with Crippen molar-refractivity contribution in [2.75, 3.05) is 6.54 Å². The number of benzene rings is 1. The zero-order chi connectivity index (χ0) is 13.2. The molecule has 1 aromatic carbocycles. The molecule has 1 aliphatic rings. The molecular weight excluding hydrogens is 248 g/mol. The van der Waals surface area contributed by atoms with Gasteiger partial charge in [0, 0.05) is 11.6 Å². The molecule has 1 atom stereocenters. The summed E-state index contributed by atoms with van der Waals surface area (Å²) in [7, 11) is 0. The van der Waals surface area contributed by atoms with Crippen LogP contribution in [-0.4, -0.2) is 18.0 Å². The van der Waals surface area contributed by atoms with Crippen LogP contribution in [-0.2, 0) is 11.2 Å². The van der Waals surface area contributed by atoms with Gasteiger partial charge in [-0.3, -0.25) is 4.79 Å². The van der Waals surface area contributed by atoms with Crippen LogP contribution in [0.25, 0.3) is 0 Å². The number of amides is 1. The summed E-state index contributed by atoms with van der Waals surface area (Å²) in [4.78, 5) is 12.0. The van der Waals surface area contributed by atoms with Crippen molar-refractivity contribution in [3.05, 3.63) is 34.9 Å². The van der Waals surface area contributed by atoms with Crippen LogP contribution in [0.4, 0.5) is 0 Å². The second-order valence-corrected chi connectivity index (χ2v) is 5.69. The summed E-state index contributed by atoms with van der Waals surface area (Å²) >= 11 is 5.90. The number of hydrogen-bond acceptors (Lipinski definition) is 2. The van der Waals surface area contributed by atoms with E-state index in [4.69, 9.17) is 17.3 Å². The van der Waals surface area contributed by atoms with Crippen LogP contribution in [0.2, 0.25) is 5.02 Å². The van der Waals surface area contributed by atoms with Crippen molar-refractivity contribution in [1.82, 2.24) is 5.32 Å². The Kier molecular flexibility index (Phi) is 3.93. The molecule has 0 saturated heterocycles. The number of halogens is 1. The molecule has 1 amide bonds. The number of nitrogens with one attached hydrogen (secondary N) is 1. The number of rotatable bonds is 5. The third-order valence-electron chi connectivity index (χ3n) is 3.58. The first kappa shape index (κ1) is 13.4. The van der Waals surface area contributed by atoms with E-state index in [0.717, 1.165) is 18.4 Å². The summed E-state index contributed by atoms with van der Waals surface area (Å²) < 4.78 is 0. The van der Waals surface area contributed by atoms with Gasteiger partial charge in [-0.25, -0.2) is 0 Å². The molecular formula is C14H19ClN2O. The maximum Gasteiger partial charge on any atom is 0.224 e. The maximum absolute atomic E-state index is 12.0. The van der Waals surface area contributed by atoms with Crippen molar-refractivity contribution in [2.24, 2.45) is 11.7 Å². The van der Waals surface area contributed by atoms with E-state index in [1.165, 1.54) is 0 Å². The SMILES string of the molecule is CC(CN)(NC(=O)Cc1cccc(Cl)c1)C1CC1. The molecule has 18 heavy (non-hydrogen) atoms. The van der Waals surface area contributed by atoms with Gasteiger partial charge >= 0.3 is 0 Å². The van der Waals surface area contributed by atoms with E-state index in [2.05, 4.69) is 5.32 Å². The normalized spacial score (nSPS) is 18.2. The Morgan fingerprint density at radius 2 is 2.28 bits per heavy atom. The van der Waals surface area contributed by atoms with Crippen LogP contribution in [0.1, 0.15) is 25.3 Å². The second-order valence-electron chi connectivity index (χ2n) is 5.25. The highest BCUT2D eigenvalue weighted by atomic mass is 35.5. The minimum Gasteiger partial charge on any atom is -0.349 e. The van der Waals surface area contributed by atoms with Gasteiger partial charge in [0.05, 0.1) is 12.0 Å². The summed E-state index contributed by atoms with van der Waals surface area (Å²) in [6.07, 6.45) is 2.67. The molecule has 1 fully saturated rings. The van der Waals surface area contributed by atoms with Crippen molar-refractivity contribution >= 4 is 17.5 Å². The van der Waals surface area contributed by atoms with Crippen molar-refractivity contribution in [2.45, 2.75) is 31.7 Å². The lowest BCUT2D eigenvalue weighted by Crippen LogP contribution is -2.53. The number of nitrogens with two attached hydrogens (primary N) is 1. The molecule has 98 valence electrons. The third kappa shape index (κ3) is 3.24. The zero-order valence-corrected chi connectivity index (χ0v) is 11.3. The average Bonchev–Trinajstić information content (AvgIpc) is 3.12. The molecule has 3 nitrogen and oxygen atoms in total. The predicted octanol–water partition coefficient (Wildman–Crippen LogP) is 2.13. The predicted molar refractivity (Wildman–Crippen MR) is 73.5 cm³/mol. The Balaban J connectivity index is 1.96. The molecule has 1 aromatic rings. The molecule has 1 unspecified atom stereocenters. The second kappa shape index (κ2) is 5.29. The largest absolute Gasteiger partial charge is 0.349 e. The molecule has 0 radical (unpaired) electrons. The van der Waals surface area contributed by atoms with E-state index in [1.807, 2.05) is 25.1 Å². The van der Waals surface area contributed by atoms with E-state index in [1.54, 1.807) is 6.07 Å². The van der Waals surface area contributed by atoms with Crippen LogP contribution in [0.5, 0.6) is 0 Å². The van der Waals surface area contributed by atoms with Crippen LogP contribution in [0.3, 0.4) is 0 Å². The summed E-state index contributed by atoms with van der Waals surface area (Å²) in [6, 6.07) is 7.38. The van der Waals surface area contributed by atoms with Gasteiger partial charge in [-0.1, -0.05) is 23.7 Å². The van der Waals surface area contributed by atoms with Crippen LogP contribution >= 0.6 is 11.6 Å². The van der Waals surface area contributed by atoms with Crippen molar-refractivity contribution < 1.29 is 4.79 Å². The highest BCUT2D eigenvalue weighted by Crippen LogP contribution is 2.38. The Morgan fingerprint density at radius 1 is 1.56 bits per heavy atom. The Labute approximate surface area is 113 Å². The Hall–Kier alpha value is -1.06. The first-order valence-corrected chi connectivity index (χ1v) is 6.67. The van der Waals surface area contributed by atoms with Gasteiger partial charge in [0.1, 0.15) is 0 Å². The quantitative estimate of drug-likeness (QED) is 0.858. The highest BCUT2D eigenvalue weighted by Gasteiger charge is 2.41. The summed E-state index contributed by atoms with van der Waals surface area (Å²) in [5.41, 5.74) is 6.45. The van der Waals surface area contributed by atoms with Gasteiger partial charge in [0.25, 0.3) is 0 Å². The van der Waals surface area contributed by atoms with E-state index in [-0.39, 0.29) is 11.4 Å². The minimum atomic E-state index is -0.254. The summed E-state index contributed by atoms with van der Waals surface area (Å²) in [5.74, 6) is 0.544. The first-order valence-electron chi connectivity index (χ1n) is 6.29. The van der Waals surface area contributed by atoms with E-state index < -0.39 is 0 Å². The van der Waals surface area contributed by atoms with Crippen molar-refractivity contribution in [1.29, 1.82) is 0 Å². The van der Waals surface area contributed by atoms with Crippen molar-refractivity contribution in [3.8, 4) is 0 Å². The monoisotopic (exact) mass is 266 g/mol. The fourth-order valence-corrected chi connectivity index (χ4v) is 2.45. The Morgan fingerprint density at radius 3 is 2.83 bits per heavy atom. The molecule has 2 rings (SSSR count). The molecule has 0 heterocycles. The Bertz CT molecular complexity index is 445. The summed E-state index contributed by atoms with van der Waals surface area (Å²) in [5, 5.41) is 3.72. The molecule has 4 heteroatoms. The smallest absolute Gasteiger partial charge is 0.224 e. The summed E-state index contributed by atoms with van der Waals surface area (Å²) in [6.45, 7) is 2.51. The average molecular weight is 267 g/mol. The molecule has 0 spiro atoms. The van der Waals surface area contributed by atoms with Crippen LogP contribution in [0, 0.1) is 5.92 Å². The number of carbonyl (C=O) groups excluding carboxylic acids is 1. The molecule has 1 aliphatic carbocycles. The molecule has 0 aliphatic heterocycles. The van der Waals surface area contributed by atoms with Crippen LogP contribution in [0.15, 0.2) is 24.3 Å². The van der Waals surface area contributed by atoms with Gasteiger partial charge in [0.2, 0.25) is 5.91 Å². The third-order valence-corrected chi connectivity index (χ3v) is 3.82. The minimum absolute atomic E-state index is 0.0112. The molecule has 0 bridgehead atoms. The maximum atomic E-state index is 12.0. The van der Waals surface area contributed by atoms with Gasteiger partial charge < -0.3 is 11.1 Å². The molecule has 3 N–H and O–H groups in total. The van der Waals surface area contributed by atoms with Crippen molar-refractivity contribution in [3.63, 3.8) is 0 Å². The van der Waals surface area contributed by atoms with E-state index in [0.29, 0.717) is 23.9 Å². The van der Waals surface area contributed by atoms with Gasteiger partial charge in [-0.05, 0) is 43.4 Å². The zero-order valence-electron chi connectivity index (χ0n) is 10.6. The first-order chi connectivity index (χ1) is 8.53. The topological polar surface area (TPSA) is 55.1 Å². The fraction of sp³-hybridized carbons (Fsp3) is 0.500.